The van der Waals surface area contributed by atoms with Crippen LogP contribution in [-0.4, -0.2) is 39.1 Å². The SMILES string of the molecule is CC(C)CC(NS(C)(=O)=O)C(=O)NOCC(N)=O. The summed E-state index contributed by atoms with van der Waals surface area (Å²) in [4.78, 5) is 26.5. The summed E-state index contributed by atoms with van der Waals surface area (Å²) in [5.41, 5.74) is 6.79. The highest BCUT2D eigenvalue weighted by molar-refractivity contribution is 7.88. The lowest BCUT2D eigenvalue weighted by Gasteiger charge is -2.18. The molecule has 0 heterocycles. The van der Waals surface area contributed by atoms with Crippen molar-refractivity contribution in [2.24, 2.45) is 11.7 Å². The van der Waals surface area contributed by atoms with Crippen molar-refractivity contribution >= 4 is 21.8 Å². The monoisotopic (exact) mass is 281 g/mol. The van der Waals surface area contributed by atoms with Crippen LogP contribution in [0, 0.1) is 5.92 Å². The third-order valence-corrected chi connectivity index (χ3v) is 2.48. The topological polar surface area (TPSA) is 128 Å². The van der Waals surface area contributed by atoms with Gasteiger partial charge in [-0.25, -0.2) is 18.6 Å². The number of nitrogens with one attached hydrogen (secondary N) is 2. The minimum atomic E-state index is -3.51. The molecule has 0 aliphatic heterocycles. The summed E-state index contributed by atoms with van der Waals surface area (Å²) in [5, 5.41) is 0. The smallest absolute Gasteiger partial charge is 0.261 e. The number of sulfonamides is 1. The molecule has 0 bridgehead atoms. The molecule has 1 unspecified atom stereocenters. The fourth-order valence-electron chi connectivity index (χ4n) is 1.19. The van der Waals surface area contributed by atoms with Gasteiger partial charge in [-0.3, -0.25) is 14.4 Å². The average Bonchev–Trinajstić information content (AvgIpc) is 2.12. The molecule has 0 aliphatic rings. The molecule has 0 saturated heterocycles. The molecule has 2 amide bonds. The van der Waals surface area contributed by atoms with Gasteiger partial charge in [0.1, 0.15) is 6.04 Å². The van der Waals surface area contributed by atoms with Crippen LogP contribution in [0.3, 0.4) is 0 Å². The van der Waals surface area contributed by atoms with Crippen LogP contribution < -0.4 is 15.9 Å². The van der Waals surface area contributed by atoms with Crippen molar-refractivity contribution in [2.45, 2.75) is 26.3 Å². The Balaban J connectivity index is 4.45. The van der Waals surface area contributed by atoms with E-state index in [2.05, 4.69) is 9.56 Å². The standard InChI is InChI=1S/C9H19N3O5S/c1-6(2)4-7(12-18(3,15)16)9(14)11-17-5-8(10)13/h6-7,12H,4-5H2,1-3H3,(H2,10,13)(H,11,14). The lowest BCUT2D eigenvalue weighted by Crippen LogP contribution is -2.47. The van der Waals surface area contributed by atoms with Gasteiger partial charge in [0.15, 0.2) is 6.61 Å². The number of hydrogen-bond acceptors (Lipinski definition) is 5. The molecular formula is C9H19N3O5S. The normalized spacial score (nSPS) is 13.3. The maximum absolute atomic E-state index is 11.6. The van der Waals surface area contributed by atoms with E-state index in [9.17, 15) is 18.0 Å². The van der Waals surface area contributed by atoms with Gasteiger partial charge in [0, 0.05) is 0 Å². The van der Waals surface area contributed by atoms with Crippen molar-refractivity contribution in [3.05, 3.63) is 0 Å². The van der Waals surface area contributed by atoms with E-state index >= 15 is 0 Å². The Morgan fingerprint density at radius 3 is 2.28 bits per heavy atom. The van der Waals surface area contributed by atoms with Crippen molar-refractivity contribution in [1.82, 2.24) is 10.2 Å². The third-order valence-electron chi connectivity index (χ3n) is 1.77. The molecule has 8 nitrogen and oxygen atoms in total. The number of nitrogens with two attached hydrogens (primary N) is 1. The van der Waals surface area contributed by atoms with E-state index in [1.54, 1.807) is 0 Å². The Labute approximate surface area is 106 Å². The summed E-state index contributed by atoms with van der Waals surface area (Å²) in [7, 11) is -3.51. The van der Waals surface area contributed by atoms with Gasteiger partial charge >= 0.3 is 0 Å². The van der Waals surface area contributed by atoms with Crippen LogP contribution >= 0.6 is 0 Å². The zero-order valence-electron chi connectivity index (χ0n) is 10.6. The van der Waals surface area contributed by atoms with Crippen LogP contribution in [0.5, 0.6) is 0 Å². The zero-order chi connectivity index (χ0) is 14.3. The van der Waals surface area contributed by atoms with Crippen LogP contribution in [0.1, 0.15) is 20.3 Å². The summed E-state index contributed by atoms with van der Waals surface area (Å²) >= 11 is 0. The van der Waals surface area contributed by atoms with Gasteiger partial charge in [-0.05, 0) is 12.3 Å². The number of carbonyl (C=O) groups is 2. The predicted molar refractivity (Wildman–Crippen MR) is 64.5 cm³/mol. The Kier molecular flexibility index (Phi) is 6.81. The molecule has 0 radical (unpaired) electrons. The summed E-state index contributed by atoms with van der Waals surface area (Å²) in [6.07, 6.45) is 1.26. The highest BCUT2D eigenvalue weighted by atomic mass is 32.2. The van der Waals surface area contributed by atoms with Gasteiger partial charge in [-0.15, -0.1) is 0 Å². The molecule has 0 spiro atoms. The maximum atomic E-state index is 11.6. The van der Waals surface area contributed by atoms with Gasteiger partial charge in [-0.2, -0.15) is 0 Å². The molecule has 9 heteroatoms. The fraction of sp³-hybridized carbons (Fsp3) is 0.778. The molecule has 0 aromatic heterocycles. The van der Waals surface area contributed by atoms with Crippen LogP contribution in [0.4, 0.5) is 0 Å². The fourth-order valence-corrected chi connectivity index (χ4v) is 1.91. The van der Waals surface area contributed by atoms with Gasteiger partial charge < -0.3 is 5.73 Å². The van der Waals surface area contributed by atoms with Crippen molar-refractivity contribution in [3.8, 4) is 0 Å². The van der Waals surface area contributed by atoms with Gasteiger partial charge in [0.05, 0.1) is 6.26 Å². The van der Waals surface area contributed by atoms with Crippen molar-refractivity contribution in [1.29, 1.82) is 0 Å². The largest absolute Gasteiger partial charge is 0.368 e. The van der Waals surface area contributed by atoms with E-state index in [-0.39, 0.29) is 5.92 Å². The average molecular weight is 281 g/mol. The first-order valence-electron chi connectivity index (χ1n) is 5.29. The molecular weight excluding hydrogens is 262 g/mol. The van der Waals surface area contributed by atoms with Gasteiger partial charge in [0.25, 0.3) is 5.91 Å². The minimum absolute atomic E-state index is 0.103. The van der Waals surface area contributed by atoms with Crippen molar-refractivity contribution < 1.29 is 22.8 Å². The second-order valence-corrected chi connectivity index (χ2v) is 6.07. The molecule has 4 N–H and O–H groups in total. The number of hydrogen-bond donors (Lipinski definition) is 3. The van der Waals surface area contributed by atoms with E-state index in [0.717, 1.165) is 6.26 Å². The highest BCUT2D eigenvalue weighted by Crippen LogP contribution is 2.05. The third kappa shape index (κ3) is 8.90. The first-order valence-corrected chi connectivity index (χ1v) is 7.18. The Morgan fingerprint density at radius 1 is 1.33 bits per heavy atom. The van der Waals surface area contributed by atoms with E-state index < -0.39 is 34.5 Å². The number of primary amides is 1. The van der Waals surface area contributed by atoms with Crippen LogP contribution in [0.15, 0.2) is 0 Å². The number of hydroxylamine groups is 1. The lowest BCUT2D eigenvalue weighted by molar-refractivity contribution is -0.139. The number of carbonyl (C=O) groups excluding carboxylic acids is 2. The van der Waals surface area contributed by atoms with E-state index in [1.165, 1.54) is 0 Å². The van der Waals surface area contributed by atoms with Gasteiger partial charge in [-0.1, -0.05) is 13.8 Å². The minimum Gasteiger partial charge on any atom is -0.368 e. The molecule has 0 fully saturated rings. The van der Waals surface area contributed by atoms with E-state index in [4.69, 9.17) is 5.73 Å². The Morgan fingerprint density at radius 2 is 1.89 bits per heavy atom. The molecule has 0 saturated carbocycles. The summed E-state index contributed by atoms with van der Waals surface area (Å²) in [6.45, 7) is 3.21. The van der Waals surface area contributed by atoms with Crippen molar-refractivity contribution in [3.63, 3.8) is 0 Å². The van der Waals surface area contributed by atoms with E-state index in [0.29, 0.717) is 6.42 Å². The highest BCUT2D eigenvalue weighted by Gasteiger charge is 2.23. The number of rotatable bonds is 8. The molecule has 106 valence electrons. The van der Waals surface area contributed by atoms with E-state index in [1.807, 2.05) is 19.3 Å². The Bertz CT molecular complexity index is 393. The summed E-state index contributed by atoms with van der Waals surface area (Å²) in [5.74, 6) is -1.31. The molecule has 0 rings (SSSR count). The quantitative estimate of drug-likeness (QED) is 0.466. The first-order chi connectivity index (χ1) is 8.11. The Hall–Kier alpha value is -1.19. The molecule has 0 aliphatic carbocycles. The van der Waals surface area contributed by atoms with Crippen LogP contribution in [0.2, 0.25) is 0 Å². The molecule has 18 heavy (non-hydrogen) atoms. The predicted octanol–water partition coefficient (Wildman–Crippen LogP) is -1.52. The first kappa shape index (κ1) is 16.8. The van der Waals surface area contributed by atoms with Crippen LogP contribution in [-0.2, 0) is 24.4 Å². The molecule has 0 aromatic rings. The summed E-state index contributed by atoms with van der Waals surface area (Å²) < 4.78 is 24.4. The zero-order valence-corrected chi connectivity index (χ0v) is 11.4. The molecule has 0 aromatic carbocycles. The van der Waals surface area contributed by atoms with Gasteiger partial charge in [0.2, 0.25) is 15.9 Å². The second-order valence-electron chi connectivity index (χ2n) is 4.29. The van der Waals surface area contributed by atoms with Crippen LogP contribution in [0.25, 0.3) is 0 Å². The van der Waals surface area contributed by atoms with Crippen molar-refractivity contribution in [2.75, 3.05) is 12.9 Å². The summed E-state index contributed by atoms with van der Waals surface area (Å²) in [6, 6.07) is -0.951. The second kappa shape index (κ2) is 7.29. The number of amides is 2. The maximum Gasteiger partial charge on any atom is 0.261 e. The molecule has 1 atom stereocenters. The lowest BCUT2D eigenvalue weighted by atomic mass is 10.0.